The summed E-state index contributed by atoms with van der Waals surface area (Å²) in [5, 5.41) is 5.27. The van der Waals surface area contributed by atoms with Gasteiger partial charge in [-0.15, -0.1) is 0 Å². The normalized spacial score (nSPS) is 15.1. The summed E-state index contributed by atoms with van der Waals surface area (Å²) in [7, 11) is 0. The van der Waals surface area contributed by atoms with Gasteiger partial charge >= 0.3 is 0 Å². The Kier molecular flexibility index (Phi) is 5.14. The summed E-state index contributed by atoms with van der Waals surface area (Å²) in [4.78, 5) is 19.0. The Morgan fingerprint density at radius 1 is 1.04 bits per heavy atom. The van der Waals surface area contributed by atoms with Crippen molar-refractivity contribution in [2.75, 3.05) is 13.1 Å². The molecule has 4 rings (SSSR count). The maximum atomic E-state index is 12.6. The first-order chi connectivity index (χ1) is 13.1. The minimum atomic E-state index is 0.00101. The van der Waals surface area contributed by atoms with Crippen molar-refractivity contribution in [1.29, 1.82) is 0 Å². The van der Waals surface area contributed by atoms with Gasteiger partial charge in [0.25, 0.3) is 5.91 Å². The van der Waals surface area contributed by atoms with Crippen LogP contribution in [0.3, 0.4) is 0 Å². The van der Waals surface area contributed by atoms with Gasteiger partial charge in [-0.25, -0.2) is 0 Å². The van der Waals surface area contributed by atoms with E-state index in [1.165, 1.54) is 0 Å². The van der Waals surface area contributed by atoms with Crippen molar-refractivity contribution in [2.45, 2.75) is 18.8 Å². The summed E-state index contributed by atoms with van der Waals surface area (Å²) in [6, 6.07) is 14.4. The number of aromatic nitrogens is 2. The van der Waals surface area contributed by atoms with Crippen LogP contribution < -0.4 is 0 Å². The van der Waals surface area contributed by atoms with Crippen LogP contribution in [0.5, 0.6) is 0 Å². The molecule has 0 aliphatic carbocycles. The summed E-state index contributed by atoms with van der Waals surface area (Å²) in [5.41, 5.74) is 1.44. The first-order valence-corrected chi connectivity index (χ1v) is 9.50. The van der Waals surface area contributed by atoms with E-state index in [2.05, 4.69) is 10.1 Å². The third kappa shape index (κ3) is 3.99. The van der Waals surface area contributed by atoms with Gasteiger partial charge in [-0.05, 0) is 43.2 Å². The third-order valence-electron chi connectivity index (χ3n) is 4.73. The molecular weight excluding hydrogens is 385 g/mol. The molecule has 5 nitrogen and oxygen atoms in total. The zero-order valence-electron chi connectivity index (χ0n) is 14.4. The second-order valence-electron chi connectivity index (χ2n) is 6.54. The van der Waals surface area contributed by atoms with Crippen molar-refractivity contribution < 1.29 is 9.32 Å². The van der Waals surface area contributed by atoms with E-state index >= 15 is 0 Å². The summed E-state index contributed by atoms with van der Waals surface area (Å²) < 4.78 is 5.47. The van der Waals surface area contributed by atoms with E-state index in [1.807, 2.05) is 23.1 Å². The molecule has 2 aromatic carbocycles. The number of hydrogen-bond donors (Lipinski definition) is 0. The lowest BCUT2D eigenvalue weighted by molar-refractivity contribution is 0.0704. The Balaban J connectivity index is 1.42. The van der Waals surface area contributed by atoms with E-state index in [0.29, 0.717) is 40.4 Å². The topological polar surface area (TPSA) is 59.2 Å². The average Bonchev–Trinajstić information content (AvgIpc) is 3.18. The van der Waals surface area contributed by atoms with Crippen molar-refractivity contribution in [1.82, 2.24) is 15.0 Å². The first kappa shape index (κ1) is 18.0. The predicted molar refractivity (Wildman–Crippen MR) is 104 cm³/mol. The van der Waals surface area contributed by atoms with Crippen LogP contribution in [0.4, 0.5) is 0 Å². The molecule has 0 bridgehead atoms. The Hall–Kier alpha value is -2.37. The fourth-order valence-electron chi connectivity index (χ4n) is 3.28. The van der Waals surface area contributed by atoms with E-state index in [0.717, 1.165) is 18.4 Å². The zero-order chi connectivity index (χ0) is 18.8. The molecule has 0 N–H and O–H groups in total. The molecule has 27 heavy (non-hydrogen) atoms. The predicted octanol–water partition coefficient (Wildman–Crippen LogP) is 5.06. The van der Waals surface area contributed by atoms with Crippen LogP contribution in [0.1, 0.15) is 35.0 Å². The third-order valence-corrected chi connectivity index (χ3v) is 5.20. The smallest absolute Gasteiger partial charge is 0.253 e. The van der Waals surface area contributed by atoms with Crippen LogP contribution >= 0.6 is 23.2 Å². The highest BCUT2D eigenvalue weighted by Gasteiger charge is 2.28. The lowest BCUT2D eigenvalue weighted by atomic mass is 9.96. The van der Waals surface area contributed by atoms with Crippen LogP contribution in [0, 0.1) is 0 Å². The van der Waals surface area contributed by atoms with Gasteiger partial charge in [0, 0.05) is 40.2 Å². The van der Waals surface area contributed by atoms with Crippen LogP contribution in [-0.2, 0) is 0 Å². The summed E-state index contributed by atoms with van der Waals surface area (Å²) >= 11 is 12.0. The molecule has 3 aromatic rings. The van der Waals surface area contributed by atoms with E-state index in [9.17, 15) is 4.79 Å². The summed E-state index contributed by atoms with van der Waals surface area (Å²) in [6.45, 7) is 1.29. The SMILES string of the molecule is O=C(c1cccc(Cl)c1)N1CCC(c2nc(-c3cccc(Cl)c3)no2)CC1. The Morgan fingerprint density at radius 3 is 2.44 bits per heavy atom. The van der Waals surface area contributed by atoms with E-state index in [-0.39, 0.29) is 11.8 Å². The Labute approximate surface area is 166 Å². The van der Waals surface area contributed by atoms with Crippen LogP contribution in [0.2, 0.25) is 10.0 Å². The monoisotopic (exact) mass is 401 g/mol. The van der Waals surface area contributed by atoms with Gasteiger partial charge in [0.2, 0.25) is 11.7 Å². The number of halogens is 2. The molecule has 0 unspecified atom stereocenters. The largest absolute Gasteiger partial charge is 0.339 e. The van der Waals surface area contributed by atoms with Crippen LogP contribution in [-0.4, -0.2) is 34.0 Å². The van der Waals surface area contributed by atoms with Crippen LogP contribution in [0.25, 0.3) is 11.4 Å². The quantitative estimate of drug-likeness (QED) is 0.614. The number of hydrogen-bond acceptors (Lipinski definition) is 4. The number of carbonyl (C=O) groups is 1. The van der Waals surface area contributed by atoms with Gasteiger partial charge in [-0.3, -0.25) is 4.79 Å². The molecule has 0 atom stereocenters. The molecular formula is C20H17Cl2N3O2. The zero-order valence-corrected chi connectivity index (χ0v) is 16.0. The Bertz CT molecular complexity index is 965. The van der Waals surface area contributed by atoms with E-state index in [1.54, 1.807) is 30.3 Å². The lowest BCUT2D eigenvalue weighted by Gasteiger charge is -2.30. The number of carbonyl (C=O) groups excluding carboxylic acids is 1. The van der Waals surface area contributed by atoms with Crippen LogP contribution in [0.15, 0.2) is 53.1 Å². The number of nitrogens with zero attached hydrogens (tertiary/aromatic N) is 3. The average molecular weight is 402 g/mol. The van der Waals surface area contributed by atoms with Gasteiger partial charge in [0.05, 0.1) is 0 Å². The second kappa shape index (κ2) is 7.71. The van der Waals surface area contributed by atoms with Gasteiger partial charge in [-0.1, -0.05) is 46.6 Å². The second-order valence-corrected chi connectivity index (χ2v) is 7.42. The lowest BCUT2D eigenvalue weighted by Crippen LogP contribution is -2.38. The standard InChI is InChI=1S/C20H17Cl2N3O2/c21-16-5-1-3-14(11-16)18-23-19(27-24-18)13-7-9-25(10-8-13)20(26)15-4-2-6-17(22)12-15/h1-6,11-13H,7-10H2. The molecule has 1 fully saturated rings. The maximum absolute atomic E-state index is 12.6. The van der Waals surface area contributed by atoms with Crippen molar-refractivity contribution >= 4 is 29.1 Å². The number of piperidine rings is 1. The molecule has 1 aliphatic rings. The van der Waals surface area contributed by atoms with E-state index in [4.69, 9.17) is 27.7 Å². The van der Waals surface area contributed by atoms with Crippen molar-refractivity contribution in [3.05, 3.63) is 70.0 Å². The van der Waals surface area contributed by atoms with Gasteiger partial charge in [0.15, 0.2) is 0 Å². The first-order valence-electron chi connectivity index (χ1n) is 8.74. The molecule has 1 saturated heterocycles. The highest BCUT2D eigenvalue weighted by atomic mass is 35.5. The molecule has 138 valence electrons. The highest BCUT2D eigenvalue weighted by Crippen LogP contribution is 2.29. The van der Waals surface area contributed by atoms with Gasteiger partial charge in [-0.2, -0.15) is 4.98 Å². The summed E-state index contributed by atoms with van der Waals surface area (Å²) in [5.74, 6) is 1.29. The van der Waals surface area contributed by atoms with Crippen molar-refractivity contribution in [3.8, 4) is 11.4 Å². The molecule has 7 heteroatoms. The molecule has 0 saturated carbocycles. The van der Waals surface area contributed by atoms with E-state index < -0.39 is 0 Å². The fraction of sp³-hybridized carbons (Fsp3) is 0.250. The minimum Gasteiger partial charge on any atom is -0.339 e. The molecule has 0 radical (unpaired) electrons. The number of likely N-dealkylation sites (tertiary alicyclic amines) is 1. The molecule has 2 heterocycles. The molecule has 1 aliphatic heterocycles. The number of amides is 1. The Morgan fingerprint density at radius 2 is 1.74 bits per heavy atom. The maximum Gasteiger partial charge on any atom is 0.253 e. The minimum absolute atomic E-state index is 0.00101. The van der Waals surface area contributed by atoms with Crippen molar-refractivity contribution in [3.63, 3.8) is 0 Å². The number of benzene rings is 2. The molecule has 1 amide bonds. The molecule has 1 aromatic heterocycles. The fourth-order valence-corrected chi connectivity index (χ4v) is 3.66. The highest BCUT2D eigenvalue weighted by molar-refractivity contribution is 6.31. The van der Waals surface area contributed by atoms with Gasteiger partial charge in [0.1, 0.15) is 0 Å². The molecule has 0 spiro atoms. The van der Waals surface area contributed by atoms with Gasteiger partial charge < -0.3 is 9.42 Å². The van der Waals surface area contributed by atoms with Crippen molar-refractivity contribution in [2.24, 2.45) is 0 Å². The number of rotatable bonds is 3. The summed E-state index contributed by atoms with van der Waals surface area (Å²) in [6.07, 6.45) is 1.56.